The minimum absolute atomic E-state index is 0.0309. The van der Waals surface area contributed by atoms with E-state index in [9.17, 15) is 22.0 Å². The second-order valence-corrected chi connectivity index (χ2v) is 4.70. The molecule has 118 valence electrons. The lowest BCUT2D eigenvalue weighted by Crippen LogP contribution is -2.44. The number of anilines is 1. The molecule has 1 aromatic carbocycles. The quantitative estimate of drug-likeness (QED) is 0.866. The summed E-state index contributed by atoms with van der Waals surface area (Å²) in [6.07, 6.45) is -5.61. The number of nitrogens with one attached hydrogen (secondary N) is 1. The molecule has 0 bridgehead atoms. The molecular weight excluding hydrogens is 295 g/mol. The van der Waals surface area contributed by atoms with Gasteiger partial charge in [0.2, 0.25) is 0 Å². The largest absolute Gasteiger partial charge is 0.485 e. The summed E-state index contributed by atoms with van der Waals surface area (Å²) in [5.74, 6) is -4.84. The Hall–Kier alpha value is -1.57. The first kappa shape index (κ1) is 15.8. The minimum Gasteiger partial charge on any atom is -0.485 e. The average Bonchev–Trinajstić information content (AvgIpc) is 2.45. The molecule has 1 aromatic rings. The Morgan fingerprint density at radius 2 is 1.67 bits per heavy atom. The van der Waals surface area contributed by atoms with Crippen LogP contribution in [-0.2, 0) is 0 Å². The van der Waals surface area contributed by atoms with Crippen LogP contribution in [0.15, 0.2) is 24.3 Å². The van der Waals surface area contributed by atoms with Crippen molar-refractivity contribution in [2.75, 3.05) is 37.7 Å². The van der Waals surface area contributed by atoms with E-state index in [1.807, 2.05) is 4.90 Å². The molecule has 1 aliphatic rings. The van der Waals surface area contributed by atoms with Crippen molar-refractivity contribution in [1.29, 1.82) is 0 Å². The summed E-state index contributed by atoms with van der Waals surface area (Å²) in [5.41, 5.74) is 0.525. The van der Waals surface area contributed by atoms with Crippen LogP contribution in [-0.4, -0.2) is 44.9 Å². The Morgan fingerprint density at radius 1 is 1.05 bits per heavy atom. The number of ether oxygens (including phenoxy) is 1. The van der Waals surface area contributed by atoms with Gasteiger partial charge in [-0.15, -0.1) is 0 Å². The fourth-order valence-electron chi connectivity index (χ4n) is 2.00. The number of nitrogens with zero attached hydrogens (tertiary/aromatic N) is 1. The zero-order chi connectivity index (χ0) is 15.5. The third kappa shape index (κ3) is 3.75. The van der Waals surface area contributed by atoms with Crippen molar-refractivity contribution >= 4 is 5.69 Å². The van der Waals surface area contributed by atoms with Crippen molar-refractivity contribution < 1.29 is 26.7 Å². The molecule has 3 nitrogen and oxygen atoms in total. The summed E-state index contributed by atoms with van der Waals surface area (Å²) in [5, 5.41) is 3.13. The Morgan fingerprint density at radius 3 is 2.29 bits per heavy atom. The SMILES string of the molecule is FC(F)(F)C(F)(F)COc1ccccc1N1CCNCC1. The van der Waals surface area contributed by atoms with E-state index in [4.69, 9.17) is 4.74 Å². The Labute approximate surface area is 118 Å². The Bertz CT molecular complexity index is 472. The molecule has 1 aliphatic heterocycles. The number of rotatable bonds is 4. The molecule has 0 aromatic heterocycles. The van der Waals surface area contributed by atoms with Gasteiger partial charge in [0, 0.05) is 26.2 Å². The van der Waals surface area contributed by atoms with Gasteiger partial charge in [-0.1, -0.05) is 12.1 Å². The van der Waals surface area contributed by atoms with Crippen LogP contribution in [0.1, 0.15) is 0 Å². The van der Waals surface area contributed by atoms with Gasteiger partial charge in [-0.3, -0.25) is 0 Å². The highest BCUT2D eigenvalue weighted by Crippen LogP contribution is 2.37. The summed E-state index contributed by atoms with van der Waals surface area (Å²) < 4.78 is 67.0. The van der Waals surface area contributed by atoms with Crippen molar-refractivity contribution in [3.63, 3.8) is 0 Å². The van der Waals surface area contributed by atoms with Gasteiger partial charge in [-0.25, -0.2) is 0 Å². The zero-order valence-corrected chi connectivity index (χ0v) is 11.1. The summed E-state index contributed by atoms with van der Waals surface area (Å²) >= 11 is 0. The lowest BCUT2D eigenvalue weighted by atomic mass is 10.2. The number of benzene rings is 1. The second-order valence-electron chi connectivity index (χ2n) is 4.70. The van der Waals surface area contributed by atoms with Gasteiger partial charge in [0.05, 0.1) is 5.69 Å². The van der Waals surface area contributed by atoms with Crippen molar-refractivity contribution in [1.82, 2.24) is 5.32 Å². The van der Waals surface area contributed by atoms with Gasteiger partial charge in [-0.05, 0) is 12.1 Å². The van der Waals surface area contributed by atoms with E-state index in [0.29, 0.717) is 31.9 Å². The summed E-state index contributed by atoms with van der Waals surface area (Å²) in [6.45, 7) is 0.978. The van der Waals surface area contributed by atoms with Crippen LogP contribution in [0.4, 0.5) is 27.6 Å². The molecule has 0 radical (unpaired) electrons. The molecule has 8 heteroatoms. The van der Waals surface area contributed by atoms with E-state index in [0.717, 1.165) is 0 Å². The fraction of sp³-hybridized carbons (Fsp3) is 0.538. The normalized spacial score (nSPS) is 16.9. The van der Waals surface area contributed by atoms with Crippen molar-refractivity contribution in [3.8, 4) is 5.75 Å². The van der Waals surface area contributed by atoms with Gasteiger partial charge in [0.15, 0.2) is 6.61 Å². The molecule has 0 atom stereocenters. The van der Waals surface area contributed by atoms with E-state index in [2.05, 4.69) is 5.32 Å². The molecular formula is C13H15F5N2O. The third-order valence-corrected chi connectivity index (χ3v) is 3.15. The molecule has 1 saturated heterocycles. The fourth-order valence-corrected chi connectivity index (χ4v) is 2.00. The van der Waals surface area contributed by atoms with Crippen LogP contribution in [0.25, 0.3) is 0 Å². The van der Waals surface area contributed by atoms with Crippen LogP contribution in [0, 0.1) is 0 Å². The number of hydrogen-bond donors (Lipinski definition) is 1. The first-order valence-electron chi connectivity index (χ1n) is 6.43. The van der Waals surface area contributed by atoms with Crippen LogP contribution >= 0.6 is 0 Å². The maximum atomic E-state index is 12.9. The van der Waals surface area contributed by atoms with Crippen LogP contribution < -0.4 is 15.0 Å². The lowest BCUT2D eigenvalue weighted by Gasteiger charge is -2.31. The van der Waals surface area contributed by atoms with Gasteiger partial charge >= 0.3 is 12.1 Å². The molecule has 0 unspecified atom stereocenters. The molecule has 1 N–H and O–H groups in total. The summed E-state index contributed by atoms with van der Waals surface area (Å²) in [4.78, 5) is 1.89. The minimum atomic E-state index is -5.61. The van der Waals surface area contributed by atoms with Gasteiger partial charge < -0.3 is 15.0 Å². The van der Waals surface area contributed by atoms with E-state index < -0.39 is 18.7 Å². The number of hydrogen-bond acceptors (Lipinski definition) is 3. The third-order valence-electron chi connectivity index (χ3n) is 3.15. The first-order chi connectivity index (χ1) is 9.81. The van der Waals surface area contributed by atoms with Crippen molar-refractivity contribution in [3.05, 3.63) is 24.3 Å². The predicted molar refractivity (Wildman–Crippen MR) is 68.0 cm³/mol. The molecule has 2 rings (SSSR count). The highest BCUT2D eigenvalue weighted by molar-refractivity contribution is 5.58. The van der Waals surface area contributed by atoms with E-state index in [1.165, 1.54) is 12.1 Å². The number of para-hydroxylation sites is 2. The van der Waals surface area contributed by atoms with Crippen molar-refractivity contribution in [2.45, 2.75) is 12.1 Å². The van der Waals surface area contributed by atoms with Crippen molar-refractivity contribution in [2.24, 2.45) is 0 Å². The average molecular weight is 310 g/mol. The zero-order valence-electron chi connectivity index (χ0n) is 11.1. The highest BCUT2D eigenvalue weighted by Gasteiger charge is 2.58. The number of piperazine rings is 1. The van der Waals surface area contributed by atoms with E-state index in [-0.39, 0.29) is 5.75 Å². The summed E-state index contributed by atoms with van der Waals surface area (Å²) in [7, 11) is 0. The molecule has 0 spiro atoms. The molecule has 0 aliphatic carbocycles. The smallest absolute Gasteiger partial charge is 0.456 e. The molecule has 21 heavy (non-hydrogen) atoms. The van der Waals surface area contributed by atoms with E-state index in [1.54, 1.807) is 12.1 Å². The first-order valence-corrected chi connectivity index (χ1v) is 6.43. The number of halogens is 5. The predicted octanol–water partition coefficient (Wildman–Crippen LogP) is 2.67. The van der Waals surface area contributed by atoms with Crippen LogP contribution in [0.5, 0.6) is 5.75 Å². The van der Waals surface area contributed by atoms with Gasteiger partial charge in [-0.2, -0.15) is 22.0 Å². The van der Waals surface area contributed by atoms with Crippen LogP contribution in [0.3, 0.4) is 0 Å². The van der Waals surface area contributed by atoms with Crippen LogP contribution in [0.2, 0.25) is 0 Å². The lowest BCUT2D eigenvalue weighted by molar-refractivity contribution is -0.289. The molecule has 1 fully saturated rings. The molecule has 0 amide bonds. The monoisotopic (exact) mass is 310 g/mol. The van der Waals surface area contributed by atoms with Gasteiger partial charge in [0.25, 0.3) is 0 Å². The molecule has 1 heterocycles. The number of alkyl halides is 5. The maximum Gasteiger partial charge on any atom is 0.456 e. The molecule has 0 saturated carbocycles. The van der Waals surface area contributed by atoms with E-state index >= 15 is 0 Å². The highest BCUT2D eigenvalue weighted by atomic mass is 19.4. The topological polar surface area (TPSA) is 24.5 Å². The standard InChI is InChI=1S/C13H15F5N2O/c14-12(15,13(16,17)18)9-21-11-4-2-1-3-10(11)20-7-5-19-6-8-20/h1-4,19H,5-9H2. The Balaban J connectivity index is 2.10. The second kappa shape index (κ2) is 6.05. The Kier molecular flexibility index (Phi) is 4.55. The van der Waals surface area contributed by atoms with Gasteiger partial charge in [0.1, 0.15) is 5.75 Å². The summed E-state index contributed by atoms with van der Waals surface area (Å²) in [6, 6.07) is 6.26. The maximum absolute atomic E-state index is 12.9.